The van der Waals surface area contributed by atoms with Crippen LogP contribution in [0.4, 0.5) is 4.39 Å². The van der Waals surface area contributed by atoms with E-state index >= 15 is 0 Å². The zero-order chi connectivity index (χ0) is 13.6. The van der Waals surface area contributed by atoms with Crippen molar-refractivity contribution >= 4 is 11.6 Å². The molecule has 19 heavy (non-hydrogen) atoms. The highest BCUT2D eigenvalue weighted by Crippen LogP contribution is 2.60. The molecule has 0 radical (unpaired) electrons. The molecule has 3 rings (SSSR count). The molecule has 0 amide bonds. The van der Waals surface area contributed by atoms with E-state index < -0.39 is 11.9 Å². The molecule has 3 N–H and O–H groups in total. The van der Waals surface area contributed by atoms with Gasteiger partial charge in [0.25, 0.3) is 0 Å². The van der Waals surface area contributed by atoms with Gasteiger partial charge in [-0.3, -0.25) is 0 Å². The fourth-order valence-electron chi connectivity index (χ4n) is 3.91. The summed E-state index contributed by atoms with van der Waals surface area (Å²) in [5, 5.41) is 10.6. The minimum atomic E-state index is -0.548. The van der Waals surface area contributed by atoms with Crippen molar-refractivity contribution in [2.75, 3.05) is 6.54 Å². The van der Waals surface area contributed by atoms with Gasteiger partial charge in [0.05, 0.1) is 11.1 Å². The second-order valence-corrected chi connectivity index (χ2v) is 6.22. The first-order chi connectivity index (χ1) is 9.15. The first kappa shape index (κ1) is 13.3. The maximum atomic E-state index is 14.1. The van der Waals surface area contributed by atoms with Gasteiger partial charge in [0.2, 0.25) is 0 Å². The first-order valence-electron chi connectivity index (χ1n) is 6.97. The molecule has 0 heterocycles. The zero-order valence-corrected chi connectivity index (χ0v) is 11.5. The number of hydrogen-bond donors (Lipinski definition) is 2. The summed E-state index contributed by atoms with van der Waals surface area (Å²) in [4.78, 5) is 0. The molecule has 2 aliphatic carbocycles. The molecule has 2 aliphatic rings. The third-order valence-corrected chi connectivity index (χ3v) is 5.21. The van der Waals surface area contributed by atoms with Crippen molar-refractivity contribution in [3.05, 3.63) is 34.6 Å². The second-order valence-electron chi connectivity index (χ2n) is 5.81. The van der Waals surface area contributed by atoms with Gasteiger partial charge in [-0.2, -0.15) is 0 Å². The third kappa shape index (κ3) is 2.18. The Bertz CT molecular complexity index is 471. The Morgan fingerprint density at radius 3 is 2.68 bits per heavy atom. The number of benzene rings is 1. The summed E-state index contributed by atoms with van der Waals surface area (Å²) in [6.07, 6.45) is 3.11. The summed E-state index contributed by atoms with van der Waals surface area (Å²) in [7, 11) is 0. The lowest BCUT2D eigenvalue weighted by molar-refractivity contribution is 0.107. The molecular formula is C15H19ClFNO. The quantitative estimate of drug-likeness (QED) is 0.892. The summed E-state index contributed by atoms with van der Waals surface area (Å²) < 4.78 is 14.1. The molecule has 1 aromatic rings. The minimum Gasteiger partial charge on any atom is -0.392 e. The maximum absolute atomic E-state index is 14.1. The standard InChI is InChI=1S/C15H19ClFNO/c16-12-6-2-5-10(14(12)17)11(7-18)15(19)13-8-3-1-4-9(8)13/h2,5-6,8-9,11,13,15,19H,1,3-4,7,18H2. The van der Waals surface area contributed by atoms with Gasteiger partial charge >= 0.3 is 0 Å². The van der Waals surface area contributed by atoms with E-state index in [4.69, 9.17) is 17.3 Å². The number of nitrogens with two attached hydrogens (primary N) is 1. The van der Waals surface area contributed by atoms with Crippen molar-refractivity contribution in [3.63, 3.8) is 0 Å². The molecule has 4 atom stereocenters. The van der Waals surface area contributed by atoms with E-state index in [-0.39, 0.29) is 17.5 Å². The topological polar surface area (TPSA) is 46.2 Å². The van der Waals surface area contributed by atoms with Crippen molar-refractivity contribution in [2.45, 2.75) is 31.3 Å². The van der Waals surface area contributed by atoms with Crippen molar-refractivity contribution in [1.29, 1.82) is 0 Å². The van der Waals surface area contributed by atoms with E-state index in [1.165, 1.54) is 25.3 Å². The van der Waals surface area contributed by atoms with Gasteiger partial charge in [-0.25, -0.2) is 4.39 Å². The molecule has 4 unspecified atom stereocenters. The normalized spacial score (nSPS) is 31.9. The monoisotopic (exact) mass is 283 g/mol. The molecule has 0 aromatic heterocycles. The summed E-state index contributed by atoms with van der Waals surface area (Å²) in [5.41, 5.74) is 6.22. The Hall–Kier alpha value is -0.640. The van der Waals surface area contributed by atoms with E-state index in [1.807, 2.05) is 0 Å². The molecular weight excluding hydrogens is 265 g/mol. The fourth-order valence-corrected chi connectivity index (χ4v) is 4.09. The van der Waals surface area contributed by atoms with Crippen LogP contribution in [0.25, 0.3) is 0 Å². The highest BCUT2D eigenvalue weighted by atomic mass is 35.5. The van der Waals surface area contributed by atoms with Crippen molar-refractivity contribution in [3.8, 4) is 0 Å². The van der Waals surface area contributed by atoms with Gasteiger partial charge in [-0.05, 0) is 42.2 Å². The fraction of sp³-hybridized carbons (Fsp3) is 0.600. The van der Waals surface area contributed by atoms with Crippen molar-refractivity contribution in [2.24, 2.45) is 23.5 Å². The molecule has 2 nitrogen and oxygen atoms in total. The summed E-state index contributed by atoms with van der Waals surface area (Å²) in [6.45, 7) is 0.244. The number of aliphatic hydroxyl groups is 1. The molecule has 2 fully saturated rings. The van der Waals surface area contributed by atoms with Crippen LogP contribution in [0.15, 0.2) is 18.2 Å². The molecule has 1 aromatic carbocycles. The van der Waals surface area contributed by atoms with Crippen LogP contribution < -0.4 is 5.73 Å². The third-order valence-electron chi connectivity index (χ3n) is 4.91. The molecule has 4 heteroatoms. The molecule has 0 bridgehead atoms. The Balaban J connectivity index is 1.82. The van der Waals surface area contributed by atoms with E-state index in [2.05, 4.69) is 0 Å². The van der Waals surface area contributed by atoms with Gasteiger partial charge in [0.15, 0.2) is 0 Å². The number of hydrogen-bond acceptors (Lipinski definition) is 2. The van der Waals surface area contributed by atoms with Crippen LogP contribution in [0, 0.1) is 23.6 Å². The van der Waals surface area contributed by atoms with E-state index in [0.717, 1.165) is 0 Å². The van der Waals surface area contributed by atoms with Crippen LogP contribution in [-0.4, -0.2) is 17.8 Å². The largest absolute Gasteiger partial charge is 0.392 e. The number of aliphatic hydroxyl groups excluding tert-OH is 1. The lowest BCUT2D eigenvalue weighted by atomic mass is 9.88. The Kier molecular flexibility index (Phi) is 3.54. The van der Waals surface area contributed by atoms with Crippen LogP contribution in [0.2, 0.25) is 5.02 Å². The molecule has 0 saturated heterocycles. The second kappa shape index (κ2) is 5.04. The van der Waals surface area contributed by atoms with Crippen molar-refractivity contribution < 1.29 is 9.50 Å². The summed E-state index contributed by atoms with van der Waals surface area (Å²) in [6, 6.07) is 4.91. The highest BCUT2D eigenvalue weighted by molar-refractivity contribution is 6.30. The zero-order valence-electron chi connectivity index (χ0n) is 10.7. The van der Waals surface area contributed by atoms with E-state index in [0.29, 0.717) is 23.3 Å². The van der Waals surface area contributed by atoms with Gasteiger partial charge in [-0.1, -0.05) is 30.2 Å². The van der Waals surface area contributed by atoms with Crippen LogP contribution in [0.5, 0.6) is 0 Å². The Labute approximate surface area is 117 Å². The molecule has 104 valence electrons. The van der Waals surface area contributed by atoms with E-state index in [9.17, 15) is 9.50 Å². The van der Waals surface area contributed by atoms with Gasteiger partial charge in [0.1, 0.15) is 5.82 Å². The van der Waals surface area contributed by atoms with Gasteiger partial charge in [0, 0.05) is 12.5 Å². The number of rotatable bonds is 4. The summed E-state index contributed by atoms with van der Waals surface area (Å²) in [5.74, 6) is 0.775. The molecule has 0 spiro atoms. The average Bonchev–Trinajstić information content (AvgIpc) is 2.88. The summed E-state index contributed by atoms with van der Waals surface area (Å²) >= 11 is 5.81. The van der Waals surface area contributed by atoms with Crippen LogP contribution >= 0.6 is 11.6 Å². The van der Waals surface area contributed by atoms with Crippen LogP contribution in [0.3, 0.4) is 0 Å². The lowest BCUT2D eigenvalue weighted by Crippen LogP contribution is -2.29. The van der Waals surface area contributed by atoms with Crippen LogP contribution in [0.1, 0.15) is 30.7 Å². The van der Waals surface area contributed by atoms with E-state index in [1.54, 1.807) is 12.1 Å². The number of halogens is 2. The van der Waals surface area contributed by atoms with Gasteiger partial charge < -0.3 is 10.8 Å². The molecule has 0 aliphatic heterocycles. The average molecular weight is 284 g/mol. The SMILES string of the molecule is NCC(c1cccc(Cl)c1F)C(O)C1C2CCCC21. The predicted octanol–water partition coefficient (Wildman–Crippen LogP) is 2.93. The minimum absolute atomic E-state index is 0.0964. The van der Waals surface area contributed by atoms with Gasteiger partial charge in [-0.15, -0.1) is 0 Å². The van der Waals surface area contributed by atoms with Crippen molar-refractivity contribution in [1.82, 2.24) is 0 Å². The highest BCUT2D eigenvalue weighted by Gasteiger charge is 2.57. The number of fused-ring (bicyclic) bond motifs is 1. The molecule has 2 saturated carbocycles. The smallest absolute Gasteiger partial charge is 0.145 e. The Morgan fingerprint density at radius 2 is 2.05 bits per heavy atom. The van der Waals surface area contributed by atoms with Crippen LogP contribution in [-0.2, 0) is 0 Å². The predicted molar refractivity (Wildman–Crippen MR) is 73.5 cm³/mol. The lowest BCUT2D eigenvalue weighted by Gasteiger charge is -2.24. The first-order valence-corrected chi connectivity index (χ1v) is 7.35. The maximum Gasteiger partial charge on any atom is 0.145 e. The Morgan fingerprint density at radius 1 is 1.37 bits per heavy atom.